The summed E-state index contributed by atoms with van der Waals surface area (Å²) in [6, 6.07) is 3.31. The molecule has 2 heterocycles. The molecule has 2 aliphatic heterocycles. The zero-order valence-corrected chi connectivity index (χ0v) is 13.7. The maximum Gasteiger partial charge on any atom is 0.292 e. The summed E-state index contributed by atoms with van der Waals surface area (Å²) >= 11 is 0. The third kappa shape index (κ3) is 3.25. The van der Waals surface area contributed by atoms with Gasteiger partial charge < -0.3 is 10.6 Å². The third-order valence-electron chi connectivity index (χ3n) is 4.45. The summed E-state index contributed by atoms with van der Waals surface area (Å²) in [5.41, 5.74) is 2.55. The fraction of sp³-hybridized carbons (Fsp3) is 0.571. The number of hydrogen-bond acceptors (Lipinski definition) is 6. The Balaban J connectivity index is 1.79. The van der Waals surface area contributed by atoms with Gasteiger partial charge in [0.25, 0.3) is 5.69 Å². The zero-order chi connectivity index (χ0) is 16.6. The van der Waals surface area contributed by atoms with Crippen molar-refractivity contribution in [2.75, 3.05) is 36.5 Å². The Morgan fingerprint density at radius 2 is 2.04 bits per heavy atom. The molecule has 126 valence electrons. The molecule has 0 aliphatic carbocycles. The van der Waals surface area contributed by atoms with E-state index in [4.69, 9.17) is 0 Å². The maximum absolute atomic E-state index is 11.6. The van der Waals surface area contributed by atoms with Gasteiger partial charge in [0.05, 0.1) is 11.2 Å². The molecule has 0 aromatic heterocycles. The SMILES string of the molecule is CS(=O)(=O)N1CCC(Nc2c([N+](=O)[O-])ccc3c2CCN3)CC1. The first-order valence-electron chi connectivity index (χ1n) is 7.62. The second-order valence-electron chi connectivity index (χ2n) is 6.00. The number of piperidine rings is 1. The summed E-state index contributed by atoms with van der Waals surface area (Å²) in [4.78, 5) is 10.9. The van der Waals surface area contributed by atoms with Gasteiger partial charge in [-0.15, -0.1) is 0 Å². The van der Waals surface area contributed by atoms with Crippen molar-refractivity contribution in [1.29, 1.82) is 0 Å². The Hall–Kier alpha value is -1.87. The molecule has 23 heavy (non-hydrogen) atoms. The van der Waals surface area contributed by atoms with E-state index in [2.05, 4.69) is 10.6 Å². The minimum Gasteiger partial charge on any atom is -0.384 e. The molecule has 1 saturated heterocycles. The normalized spacial score (nSPS) is 19.2. The number of hydrogen-bond donors (Lipinski definition) is 2. The lowest BCUT2D eigenvalue weighted by Gasteiger charge is -2.31. The van der Waals surface area contributed by atoms with Crippen LogP contribution in [0.1, 0.15) is 18.4 Å². The Morgan fingerprint density at radius 3 is 2.65 bits per heavy atom. The molecule has 1 fully saturated rings. The molecule has 9 heteroatoms. The van der Waals surface area contributed by atoms with Crippen molar-refractivity contribution in [3.05, 3.63) is 27.8 Å². The van der Waals surface area contributed by atoms with Crippen molar-refractivity contribution < 1.29 is 13.3 Å². The summed E-state index contributed by atoms with van der Waals surface area (Å²) in [5, 5.41) is 17.8. The van der Waals surface area contributed by atoms with Gasteiger partial charge >= 0.3 is 0 Å². The molecule has 2 aliphatic rings. The average molecular weight is 340 g/mol. The number of rotatable bonds is 4. The lowest BCUT2D eigenvalue weighted by Crippen LogP contribution is -2.42. The van der Waals surface area contributed by atoms with E-state index in [-0.39, 0.29) is 16.7 Å². The van der Waals surface area contributed by atoms with Gasteiger partial charge in [-0.1, -0.05) is 0 Å². The number of anilines is 2. The maximum atomic E-state index is 11.6. The van der Waals surface area contributed by atoms with Crippen LogP contribution < -0.4 is 10.6 Å². The molecule has 0 amide bonds. The molecule has 0 unspecified atom stereocenters. The Bertz CT molecular complexity index is 727. The van der Waals surface area contributed by atoms with Crippen molar-refractivity contribution in [3.8, 4) is 0 Å². The highest BCUT2D eigenvalue weighted by Gasteiger charge is 2.29. The molecule has 0 bridgehead atoms. The summed E-state index contributed by atoms with van der Waals surface area (Å²) < 4.78 is 24.6. The van der Waals surface area contributed by atoms with Gasteiger partial charge in [0, 0.05) is 43.0 Å². The van der Waals surface area contributed by atoms with E-state index in [0.29, 0.717) is 31.6 Å². The molecule has 0 atom stereocenters. The van der Waals surface area contributed by atoms with E-state index < -0.39 is 10.0 Å². The van der Waals surface area contributed by atoms with E-state index >= 15 is 0 Å². The number of nitrogens with one attached hydrogen (secondary N) is 2. The first kappa shape index (κ1) is 16.0. The van der Waals surface area contributed by atoms with Crippen molar-refractivity contribution in [3.63, 3.8) is 0 Å². The van der Waals surface area contributed by atoms with Crippen LogP contribution in [-0.2, 0) is 16.4 Å². The second-order valence-corrected chi connectivity index (χ2v) is 7.98. The van der Waals surface area contributed by atoms with Crippen LogP contribution in [0.5, 0.6) is 0 Å². The van der Waals surface area contributed by atoms with Crippen molar-refractivity contribution >= 4 is 27.1 Å². The highest BCUT2D eigenvalue weighted by Crippen LogP contribution is 2.38. The van der Waals surface area contributed by atoms with Gasteiger partial charge in [-0.25, -0.2) is 12.7 Å². The summed E-state index contributed by atoms with van der Waals surface area (Å²) in [5.74, 6) is 0. The number of sulfonamides is 1. The molecule has 0 saturated carbocycles. The second kappa shape index (κ2) is 5.97. The zero-order valence-electron chi connectivity index (χ0n) is 12.9. The molecule has 0 spiro atoms. The van der Waals surface area contributed by atoms with Crippen molar-refractivity contribution in [2.45, 2.75) is 25.3 Å². The molecular weight excluding hydrogens is 320 g/mol. The molecule has 2 N–H and O–H groups in total. The Kier molecular flexibility index (Phi) is 4.15. The quantitative estimate of drug-likeness (QED) is 0.634. The van der Waals surface area contributed by atoms with E-state index in [9.17, 15) is 18.5 Å². The predicted molar refractivity (Wildman–Crippen MR) is 88.4 cm³/mol. The average Bonchev–Trinajstić information content (AvgIpc) is 2.95. The van der Waals surface area contributed by atoms with Crippen molar-refractivity contribution in [2.24, 2.45) is 0 Å². The Labute approximate surface area is 135 Å². The number of benzene rings is 1. The largest absolute Gasteiger partial charge is 0.384 e. The molecule has 8 nitrogen and oxygen atoms in total. The van der Waals surface area contributed by atoms with Gasteiger partial charge in [0.1, 0.15) is 5.69 Å². The molecule has 0 radical (unpaired) electrons. The Morgan fingerprint density at radius 1 is 1.35 bits per heavy atom. The minimum absolute atomic E-state index is 0.0406. The summed E-state index contributed by atoms with van der Waals surface area (Å²) in [7, 11) is -3.17. The molecule has 1 aromatic carbocycles. The fourth-order valence-electron chi connectivity index (χ4n) is 3.23. The van der Waals surface area contributed by atoms with Crippen LogP contribution in [-0.4, -0.2) is 49.6 Å². The summed E-state index contributed by atoms with van der Waals surface area (Å²) in [6.45, 7) is 1.66. The topological polar surface area (TPSA) is 105 Å². The van der Waals surface area contributed by atoms with E-state index in [0.717, 1.165) is 24.2 Å². The standard InChI is InChI=1S/C14H20N4O4S/c1-23(21,22)17-8-5-10(6-9-17)16-14-11-4-7-15-12(11)2-3-13(14)18(19)20/h2-3,10,15-16H,4-9H2,1H3. The van der Waals surface area contributed by atoms with Gasteiger partial charge in [-0.2, -0.15) is 0 Å². The fourth-order valence-corrected chi connectivity index (χ4v) is 4.11. The van der Waals surface area contributed by atoms with Crippen LogP contribution in [0.2, 0.25) is 0 Å². The van der Waals surface area contributed by atoms with Crippen LogP contribution in [0.4, 0.5) is 17.1 Å². The minimum atomic E-state index is -3.17. The first-order valence-corrected chi connectivity index (χ1v) is 9.47. The third-order valence-corrected chi connectivity index (χ3v) is 5.75. The molecule has 1 aromatic rings. The van der Waals surface area contributed by atoms with E-state index in [1.165, 1.54) is 16.6 Å². The molecular formula is C14H20N4O4S. The number of fused-ring (bicyclic) bond motifs is 1. The van der Waals surface area contributed by atoms with Crippen LogP contribution in [0.25, 0.3) is 0 Å². The monoisotopic (exact) mass is 340 g/mol. The highest BCUT2D eigenvalue weighted by molar-refractivity contribution is 7.88. The van der Waals surface area contributed by atoms with Crippen LogP contribution in [0.15, 0.2) is 12.1 Å². The first-order chi connectivity index (χ1) is 10.9. The number of nitrogens with zero attached hydrogens (tertiary/aromatic N) is 2. The lowest BCUT2D eigenvalue weighted by molar-refractivity contribution is -0.384. The van der Waals surface area contributed by atoms with Crippen LogP contribution in [0, 0.1) is 10.1 Å². The van der Waals surface area contributed by atoms with Gasteiger partial charge in [0.15, 0.2) is 0 Å². The van der Waals surface area contributed by atoms with E-state index in [1.807, 2.05) is 0 Å². The summed E-state index contributed by atoms with van der Waals surface area (Å²) in [6.07, 6.45) is 3.24. The smallest absolute Gasteiger partial charge is 0.292 e. The predicted octanol–water partition coefficient (Wildman–Crippen LogP) is 1.40. The van der Waals surface area contributed by atoms with Crippen LogP contribution >= 0.6 is 0 Å². The van der Waals surface area contributed by atoms with Crippen molar-refractivity contribution in [1.82, 2.24) is 4.31 Å². The number of nitro groups is 1. The van der Waals surface area contributed by atoms with Gasteiger partial charge in [-0.05, 0) is 25.3 Å². The van der Waals surface area contributed by atoms with E-state index in [1.54, 1.807) is 6.07 Å². The molecule has 3 rings (SSSR count). The number of nitro benzene ring substituents is 1. The van der Waals surface area contributed by atoms with Gasteiger partial charge in [-0.3, -0.25) is 10.1 Å². The highest BCUT2D eigenvalue weighted by atomic mass is 32.2. The van der Waals surface area contributed by atoms with Crippen LogP contribution in [0.3, 0.4) is 0 Å². The van der Waals surface area contributed by atoms with Gasteiger partial charge in [0.2, 0.25) is 10.0 Å². The lowest BCUT2D eigenvalue weighted by atomic mass is 10.0.